The van der Waals surface area contributed by atoms with Crippen LogP contribution >= 0.6 is 0 Å². The number of imidazole rings is 1. The molecule has 6 rings (SSSR count). The van der Waals surface area contributed by atoms with Crippen molar-refractivity contribution < 1.29 is 4.42 Å². The van der Waals surface area contributed by atoms with Crippen molar-refractivity contribution in [2.75, 3.05) is 0 Å². The van der Waals surface area contributed by atoms with Crippen LogP contribution in [0.15, 0.2) is 59.9 Å². The lowest BCUT2D eigenvalue weighted by molar-refractivity contribution is 0.568. The number of aromatic nitrogens is 8. The standard InChI is InChI=1S/C19H12N8O/c1-3-20-18-15(13(1)10-2-4-28-9-10)24-19(25-18)16-14-5-11(12-7-22-23-8-12)6-21-17(14)27-26-16/h1-9H,(H,22,23)(H,20,24,25)(H,21,26,27). The molecule has 0 spiro atoms. The summed E-state index contributed by atoms with van der Waals surface area (Å²) in [6.07, 6.45) is 10.4. The maximum Gasteiger partial charge on any atom is 0.181 e. The smallest absolute Gasteiger partial charge is 0.181 e. The highest BCUT2D eigenvalue weighted by Crippen LogP contribution is 2.31. The normalized spacial score (nSPS) is 11.6. The summed E-state index contributed by atoms with van der Waals surface area (Å²) in [4.78, 5) is 16.8. The van der Waals surface area contributed by atoms with Crippen molar-refractivity contribution in [2.45, 2.75) is 0 Å². The lowest BCUT2D eigenvalue weighted by atomic mass is 10.1. The number of H-pyrrole nitrogens is 3. The summed E-state index contributed by atoms with van der Waals surface area (Å²) in [6, 6.07) is 5.85. The van der Waals surface area contributed by atoms with E-state index < -0.39 is 0 Å². The fourth-order valence-electron chi connectivity index (χ4n) is 3.33. The molecule has 0 fully saturated rings. The quantitative estimate of drug-likeness (QED) is 0.439. The van der Waals surface area contributed by atoms with Crippen LogP contribution in [-0.4, -0.2) is 40.3 Å². The van der Waals surface area contributed by atoms with Gasteiger partial charge in [-0.05, 0) is 18.2 Å². The number of nitrogens with one attached hydrogen (secondary N) is 3. The minimum atomic E-state index is 0.616. The first kappa shape index (κ1) is 14.9. The average Bonchev–Trinajstić information content (AvgIpc) is 3.53. The molecule has 0 aromatic carbocycles. The lowest BCUT2D eigenvalue weighted by Gasteiger charge is -1.98. The molecule has 0 aliphatic carbocycles. The van der Waals surface area contributed by atoms with E-state index in [0.29, 0.717) is 17.1 Å². The molecule has 0 aliphatic heterocycles. The van der Waals surface area contributed by atoms with E-state index in [2.05, 4.69) is 40.3 Å². The number of fused-ring (bicyclic) bond motifs is 2. The van der Waals surface area contributed by atoms with Crippen molar-refractivity contribution in [2.24, 2.45) is 0 Å². The predicted molar refractivity (Wildman–Crippen MR) is 102 cm³/mol. The van der Waals surface area contributed by atoms with E-state index in [-0.39, 0.29) is 0 Å². The van der Waals surface area contributed by atoms with Crippen molar-refractivity contribution in [3.63, 3.8) is 0 Å². The third kappa shape index (κ3) is 2.16. The molecule has 0 saturated carbocycles. The summed E-state index contributed by atoms with van der Waals surface area (Å²) in [5.74, 6) is 0.645. The molecule has 134 valence electrons. The van der Waals surface area contributed by atoms with Crippen molar-refractivity contribution in [3.05, 3.63) is 55.5 Å². The van der Waals surface area contributed by atoms with E-state index in [1.165, 1.54) is 0 Å². The number of rotatable bonds is 3. The highest BCUT2D eigenvalue weighted by Gasteiger charge is 2.16. The molecule has 6 aromatic heterocycles. The molecule has 9 heteroatoms. The van der Waals surface area contributed by atoms with Crippen LogP contribution in [-0.2, 0) is 0 Å². The van der Waals surface area contributed by atoms with Gasteiger partial charge in [0.2, 0.25) is 0 Å². The molecule has 3 N–H and O–H groups in total. The van der Waals surface area contributed by atoms with Crippen LogP contribution in [0.4, 0.5) is 0 Å². The number of hydrogen-bond acceptors (Lipinski definition) is 6. The molecular weight excluding hydrogens is 356 g/mol. The maximum atomic E-state index is 5.22. The van der Waals surface area contributed by atoms with Crippen molar-refractivity contribution >= 4 is 22.2 Å². The average molecular weight is 368 g/mol. The van der Waals surface area contributed by atoms with Gasteiger partial charge in [-0.2, -0.15) is 10.2 Å². The summed E-state index contributed by atoms with van der Waals surface area (Å²) in [6.45, 7) is 0. The lowest BCUT2D eigenvalue weighted by Crippen LogP contribution is -1.83. The van der Waals surface area contributed by atoms with Gasteiger partial charge in [-0.3, -0.25) is 10.2 Å². The van der Waals surface area contributed by atoms with Crippen LogP contribution in [0.2, 0.25) is 0 Å². The van der Waals surface area contributed by atoms with Gasteiger partial charge in [-0.25, -0.2) is 15.0 Å². The van der Waals surface area contributed by atoms with Crippen LogP contribution in [0.1, 0.15) is 0 Å². The first-order chi connectivity index (χ1) is 13.9. The van der Waals surface area contributed by atoms with Crippen molar-refractivity contribution in [3.8, 4) is 33.8 Å². The number of pyridine rings is 2. The monoisotopic (exact) mass is 368 g/mol. The molecule has 28 heavy (non-hydrogen) atoms. The molecule has 0 amide bonds. The molecule has 0 aliphatic rings. The zero-order valence-electron chi connectivity index (χ0n) is 14.3. The largest absolute Gasteiger partial charge is 0.472 e. The van der Waals surface area contributed by atoms with E-state index in [1.54, 1.807) is 31.1 Å². The first-order valence-corrected chi connectivity index (χ1v) is 8.58. The van der Waals surface area contributed by atoms with Crippen LogP contribution in [0.3, 0.4) is 0 Å². The van der Waals surface area contributed by atoms with E-state index in [0.717, 1.165) is 38.9 Å². The zero-order valence-corrected chi connectivity index (χ0v) is 14.3. The second-order valence-electron chi connectivity index (χ2n) is 6.34. The Labute approximate surface area is 156 Å². The summed E-state index contributed by atoms with van der Waals surface area (Å²) in [5, 5.41) is 15.0. The van der Waals surface area contributed by atoms with Gasteiger partial charge in [0.05, 0.1) is 29.6 Å². The molecule has 9 nitrogen and oxygen atoms in total. The molecule has 0 atom stereocenters. The Bertz CT molecular complexity index is 1410. The SMILES string of the molecule is c1cc(-c2ccoc2)c2[nH]c(-c3[nH]nc4ncc(-c5cn[nH]c5)cc34)nc2n1. The van der Waals surface area contributed by atoms with Crippen LogP contribution in [0.5, 0.6) is 0 Å². The Hall–Kier alpha value is -4.27. The van der Waals surface area contributed by atoms with Crippen LogP contribution in [0.25, 0.3) is 56.0 Å². The van der Waals surface area contributed by atoms with Gasteiger partial charge < -0.3 is 9.40 Å². The number of aromatic amines is 3. The minimum Gasteiger partial charge on any atom is -0.472 e. The van der Waals surface area contributed by atoms with Crippen LogP contribution in [0, 0.1) is 0 Å². The van der Waals surface area contributed by atoms with Crippen molar-refractivity contribution in [1.29, 1.82) is 0 Å². The number of nitrogens with zero attached hydrogens (tertiary/aromatic N) is 5. The van der Waals surface area contributed by atoms with Gasteiger partial charge in [0.15, 0.2) is 17.1 Å². The highest BCUT2D eigenvalue weighted by molar-refractivity contribution is 5.95. The molecular formula is C19H12N8O. The Morgan fingerprint density at radius 3 is 2.82 bits per heavy atom. The zero-order chi connectivity index (χ0) is 18.5. The van der Waals surface area contributed by atoms with Crippen molar-refractivity contribution in [1.82, 2.24) is 40.3 Å². The van der Waals surface area contributed by atoms with E-state index in [4.69, 9.17) is 4.42 Å². The fourth-order valence-corrected chi connectivity index (χ4v) is 3.33. The summed E-state index contributed by atoms with van der Waals surface area (Å²) >= 11 is 0. The Kier molecular flexibility index (Phi) is 2.98. The molecule has 6 aromatic rings. The minimum absolute atomic E-state index is 0.616. The topological polar surface area (TPSA) is 125 Å². The summed E-state index contributed by atoms with van der Waals surface area (Å²) in [7, 11) is 0. The number of furan rings is 1. The number of hydrogen-bond donors (Lipinski definition) is 3. The summed E-state index contributed by atoms with van der Waals surface area (Å²) in [5.41, 5.74) is 6.65. The van der Waals surface area contributed by atoms with Gasteiger partial charge in [0, 0.05) is 40.8 Å². The van der Waals surface area contributed by atoms with Gasteiger partial charge in [0.25, 0.3) is 0 Å². The molecule has 0 bridgehead atoms. The first-order valence-electron chi connectivity index (χ1n) is 8.58. The molecule has 0 radical (unpaired) electrons. The Balaban J connectivity index is 1.55. The third-order valence-electron chi connectivity index (χ3n) is 4.70. The van der Waals surface area contributed by atoms with E-state index in [1.807, 2.05) is 24.4 Å². The van der Waals surface area contributed by atoms with Gasteiger partial charge in [-0.15, -0.1) is 0 Å². The third-order valence-corrected chi connectivity index (χ3v) is 4.70. The van der Waals surface area contributed by atoms with Gasteiger partial charge in [-0.1, -0.05) is 0 Å². The highest BCUT2D eigenvalue weighted by atomic mass is 16.3. The molecule has 0 unspecified atom stereocenters. The van der Waals surface area contributed by atoms with Gasteiger partial charge >= 0.3 is 0 Å². The summed E-state index contributed by atoms with van der Waals surface area (Å²) < 4.78 is 5.22. The fraction of sp³-hybridized carbons (Fsp3) is 0. The predicted octanol–water partition coefficient (Wildman–Crippen LogP) is 3.55. The van der Waals surface area contributed by atoms with Gasteiger partial charge in [0.1, 0.15) is 5.69 Å². The second kappa shape index (κ2) is 5.61. The van der Waals surface area contributed by atoms with Crippen LogP contribution < -0.4 is 0 Å². The Morgan fingerprint density at radius 2 is 1.96 bits per heavy atom. The second-order valence-corrected chi connectivity index (χ2v) is 6.34. The maximum absolute atomic E-state index is 5.22. The Morgan fingerprint density at radius 1 is 0.964 bits per heavy atom. The van der Waals surface area contributed by atoms with E-state index in [9.17, 15) is 0 Å². The molecule has 6 heterocycles. The molecule has 0 saturated heterocycles. The van der Waals surface area contributed by atoms with E-state index >= 15 is 0 Å².